The molecule has 28 heavy (non-hydrogen) atoms. The molecule has 0 atom stereocenters. The largest absolute Gasteiger partial charge is 0.326 e. The second-order valence-electron chi connectivity index (χ2n) is 7.45. The van der Waals surface area contributed by atoms with Crippen molar-refractivity contribution in [1.82, 2.24) is 0 Å². The van der Waals surface area contributed by atoms with Gasteiger partial charge < -0.3 is 10.6 Å². The molecule has 6 heteroatoms. The molecular weight excluding hydrogens is 395 g/mol. The molecule has 0 heterocycles. The molecule has 0 bridgehead atoms. The zero-order valence-corrected chi connectivity index (χ0v) is 17.5. The third-order valence-electron chi connectivity index (χ3n) is 5.35. The van der Waals surface area contributed by atoms with Crippen molar-refractivity contribution in [3.05, 3.63) is 57.6 Å². The SMILES string of the molecule is Cc1ccc(NC(=O)C2CCC(C(=O)Nc3ccc(C)c(Cl)c3)CC2)cc1Cl. The van der Waals surface area contributed by atoms with Gasteiger partial charge in [0.2, 0.25) is 11.8 Å². The summed E-state index contributed by atoms with van der Waals surface area (Å²) in [6, 6.07) is 11.0. The molecule has 0 spiro atoms. The average Bonchev–Trinajstić information content (AvgIpc) is 2.67. The zero-order chi connectivity index (χ0) is 20.3. The Kier molecular flexibility index (Phi) is 6.63. The fourth-order valence-corrected chi connectivity index (χ4v) is 3.81. The van der Waals surface area contributed by atoms with Crippen LogP contribution in [-0.2, 0) is 9.59 Å². The molecule has 0 aliphatic heterocycles. The first-order valence-electron chi connectivity index (χ1n) is 9.47. The second kappa shape index (κ2) is 8.97. The first kappa shape index (κ1) is 20.7. The molecule has 3 rings (SSSR count). The third-order valence-corrected chi connectivity index (χ3v) is 6.16. The van der Waals surface area contributed by atoms with Crippen molar-refractivity contribution in [3.8, 4) is 0 Å². The second-order valence-corrected chi connectivity index (χ2v) is 8.27. The van der Waals surface area contributed by atoms with Gasteiger partial charge in [-0.3, -0.25) is 9.59 Å². The molecule has 0 aromatic heterocycles. The van der Waals surface area contributed by atoms with E-state index in [1.165, 1.54) is 0 Å². The van der Waals surface area contributed by atoms with Crippen molar-refractivity contribution >= 4 is 46.4 Å². The Morgan fingerprint density at radius 3 is 1.43 bits per heavy atom. The van der Waals surface area contributed by atoms with E-state index in [0.717, 1.165) is 11.1 Å². The number of benzene rings is 2. The maximum Gasteiger partial charge on any atom is 0.227 e. The number of rotatable bonds is 4. The number of anilines is 2. The quantitative estimate of drug-likeness (QED) is 0.639. The van der Waals surface area contributed by atoms with Gasteiger partial charge in [0.1, 0.15) is 0 Å². The fraction of sp³-hybridized carbons (Fsp3) is 0.364. The van der Waals surface area contributed by atoms with E-state index in [0.29, 0.717) is 47.1 Å². The summed E-state index contributed by atoms with van der Waals surface area (Å²) in [5.41, 5.74) is 3.36. The molecule has 4 nitrogen and oxygen atoms in total. The van der Waals surface area contributed by atoms with Crippen LogP contribution in [0.25, 0.3) is 0 Å². The van der Waals surface area contributed by atoms with Gasteiger partial charge in [0.15, 0.2) is 0 Å². The molecule has 1 fully saturated rings. The molecule has 0 unspecified atom stereocenters. The minimum atomic E-state index is -0.0852. The van der Waals surface area contributed by atoms with Crippen LogP contribution in [0.5, 0.6) is 0 Å². The van der Waals surface area contributed by atoms with Crippen LogP contribution >= 0.6 is 23.2 Å². The predicted molar refractivity (Wildman–Crippen MR) is 115 cm³/mol. The topological polar surface area (TPSA) is 58.2 Å². The monoisotopic (exact) mass is 418 g/mol. The van der Waals surface area contributed by atoms with E-state index in [-0.39, 0.29) is 23.7 Å². The lowest BCUT2D eigenvalue weighted by atomic mass is 9.81. The predicted octanol–water partition coefficient (Wildman–Crippen LogP) is 5.99. The molecule has 1 saturated carbocycles. The summed E-state index contributed by atoms with van der Waals surface area (Å²) in [6.07, 6.45) is 2.77. The number of hydrogen-bond donors (Lipinski definition) is 2. The van der Waals surface area contributed by atoms with Gasteiger partial charge in [-0.05, 0) is 74.9 Å². The van der Waals surface area contributed by atoms with Gasteiger partial charge >= 0.3 is 0 Å². The van der Waals surface area contributed by atoms with Crippen LogP contribution in [0, 0.1) is 25.7 Å². The lowest BCUT2D eigenvalue weighted by Crippen LogP contribution is -2.32. The van der Waals surface area contributed by atoms with Gasteiger partial charge in [-0.25, -0.2) is 0 Å². The molecule has 2 N–H and O–H groups in total. The number of aryl methyl sites for hydroxylation is 2. The van der Waals surface area contributed by atoms with Crippen LogP contribution in [0.1, 0.15) is 36.8 Å². The highest BCUT2D eigenvalue weighted by atomic mass is 35.5. The Balaban J connectivity index is 1.51. The summed E-state index contributed by atoms with van der Waals surface area (Å²) in [5, 5.41) is 7.14. The number of halogens is 2. The van der Waals surface area contributed by atoms with Crippen LogP contribution in [-0.4, -0.2) is 11.8 Å². The normalized spacial score (nSPS) is 19.1. The molecule has 2 amide bonds. The van der Waals surface area contributed by atoms with Crippen LogP contribution in [0.3, 0.4) is 0 Å². The summed E-state index contributed by atoms with van der Waals surface area (Å²) >= 11 is 12.2. The minimum absolute atomic E-state index is 0.0101. The lowest BCUT2D eigenvalue weighted by Gasteiger charge is -2.27. The van der Waals surface area contributed by atoms with Crippen molar-refractivity contribution < 1.29 is 9.59 Å². The summed E-state index contributed by atoms with van der Waals surface area (Å²) in [4.78, 5) is 25.1. The number of carbonyl (C=O) groups excluding carboxylic acids is 2. The van der Waals surface area contributed by atoms with Gasteiger partial charge in [-0.2, -0.15) is 0 Å². The molecule has 2 aromatic carbocycles. The summed E-state index contributed by atoms with van der Waals surface area (Å²) < 4.78 is 0. The Morgan fingerprint density at radius 1 is 0.750 bits per heavy atom. The van der Waals surface area contributed by atoms with Crippen molar-refractivity contribution in [3.63, 3.8) is 0 Å². The average molecular weight is 419 g/mol. The van der Waals surface area contributed by atoms with E-state index in [1.54, 1.807) is 12.1 Å². The molecule has 0 saturated heterocycles. The van der Waals surface area contributed by atoms with E-state index >= 15 is 0 Å². The van der Waals surface area contributed by atoms with Crippen molar-refractivity contribution in [2.75, 3.05) is 10.6 Å². The van der Waals surface area contributed by atoms with Gasteiger partial charge in [-0.15, -0.1) is 0 Å². The van der Waals surface area contributed by atoms with Gasteiger partial charge in [-0.1, -0.05) is 35.3 Å². The van der Waals surface area contributed by atoms with Crippen molar-refractivity contribution in [2.45, 2.75) is 39.5 Å². The van der Waals surface area contributed by atoms with Crippen LogP contribution in [0.2, 0.25) is 10.0 Å². The lowest BCUT2D eigenvalue weighted by molar-refractivity contribution is -0.125. The molecule has 2 aromatic rings. The fourth-order valence-electron chi connectivity index (χ4n) is 3.45. The van der Waals surface area contributed by atoms with E-state index in [9.17, 15) is 9.59 Å². The first-order valence-corrected chi connectivity index (χ1v) is 10.2. The van der Waals surface area contributed by atoms with Crippen LogP contribution < -0.4 is 10.6 Å². The Morgan fingerprint density at radius 2 is 1.11 bits per heavy atom. The standard InChI is InChI=1S/C22H24Cl2N2O2/c1-13-3-9-17(11-19(13)23)25-21(27)15-5-7-16(8-6-15)22(28)26-18-10-4-14(2)20(24)12-18/h3-4,9-12,15-16H,5-8H2,1-2H3,(H,25,27)(H,26,28). The summed E-state index contributed by atoms with van der Waals surface area (Å²) in [6.45, 7) is 3.84. The zero-order valence-electron chi connectivity index (χ0n) is 16.0. The Bertz CT molecular complexity index is 817. The van der Waals surface area contributed by atoms with E-state index in [2.05, 4.69) is 10.6 Å². The third kappa shape index (κ3) is 5.06. The number of hydrogen-bond acceptors (Lipinski definition) is 2. The van der Waals surface area contributed by atoms with Crippen molar-refractivity contribution in [2.24, 2.45) is 11.8 Å². The molecule has 148 valence electrons. The van der Waals surface area contributed by atoms with Gasteiger partial charge in [0.05, 0.1) is 0 Å². The highest BCUT2D eigenvalue weighted by Crippen LogP contribution is 2.31. The molecule has 1 aliphatic carbocycles. The minimum Gasteiger partial charge on any atom is -0.326 e. The number of carbonyl (C=O) groups is 2. The number of nitrogens with one attached hydrogen (secondary N) is 2. The van der Waals surface area contributed by atoms with Crippen LogP contribution in [0.15, 0.2) is 36.4 Å². The Hall–Kier alpha value is -2.04. The molecule has 1 aliphatic rings. The van der Waals surface area contributed by atoms with Gasteiger partial charge in [0.25, 0.3) is 0 Å². The number of amides is 2. The highest BCUT2D eigenvalue weighted by molar-refractivity contribution is 6.32. The maximum atomic E-state index is 12.5. The Labute approximate surface area is 175 Å². The first-order chi connectivity index (χ1) is 13.3. The van der Waals surface area contributed by atoms with E-state index in [1.807, 2.05) is 38.1 Å². The van der Waals surface area contributed by atoms with E-state index < -0.39 is 0 Å². The van der Waals surface area contributed by atoms with Crippen LogP contribution in [0.4, 0.5) is 11.4 Å². The summed E-state index contributed by atoms with van der Waals surface area (Å²) in [7, 11) is 0. The van der Waals surface area contributed by atoms with Gasteiger partial charge in [0, 0.05) is 33.3 Å². The smallest absolute Gasteiger partial charge is 0.227 e. The highest BCUT2D eigenvalue weighted by Gasteiger charge is 2.30. The molecular formula is C22H24Cl2N2O2. The summed E-state index contributed by atoms with van der Waals surface area (Å²) in [5.74, 6) is -0.191. The van der Waals surface area contributed by atoms with Crippen molar-refractivity contribution in [1.29, 1.82) is 0 Å². The van der Waals surface area contributed by atoms with E-state index in [4.69, 9.17) is 23.2 Å². The molecule has 0 radical (unpaired) electrons. The maximum absolute atomic E-state index is 12.5.